The Morgan fingerprint density at radius 2 is 0.625 bits per heavy atom. The molecule has 0 amide bonds. The predicted molar refractivity (Wildman–Crippen MR) is 137 cm³/mol. The van der Waals surface area contributed by atoms with Gasteiger partial charge in [0.05, 0.1) is 14.2 Å². The van der Waals surface area contributed by atoms with Crippen LogP contribution in [0.3, 0.4) is 0 Å². The summed E-state index contributed by atoms with van der Waals surface area (Å²) < 4.78 is 9.19. The van der Waals surface area contributed by atoms with Crippen LogP contribution in [-0.2, 0) is 19.1 Å². The highest BCUT2D eigenvalue weighted by Crippen LogP contribution is 2.12. The fourth-order valence-corrected chi connectivity index (χ4v) is 3.72. The summed E-state index contributed by atoms with van der Waals surface area (Å²) in [5.41, 5.74) is 0. The van der Waals surface area contributed by atoms with E-state index in [2.05, 4.69) is 23.3 Å². The van der Waals surface area contributed by atoms with Crippen molar-refractivity contribution < 1.29 is 19.1 Å². The molecule has 0 atom stereocenters. The SMILES string of the molecule is CCCCCCCCCCCCC(=O)OC.CCCCCCCCCCCCC(=O)OC. The molecule has 0 spiro atoms. The Morgan fingerprint density at radius 1 is 0.406 bits per heavy atom. The standard InChI is InChI=1S/2C14H28O2/c2*1-3-4-5-6-7-8-9-10-11-12-13-14(15)16-2/h2*3-13H2,1-2H3. The zero-order valence-electron chi connectivity index (χ0n) is 22.2. The van der Waals surface area contributed by atoms with Gasteiger partial charge >= 0.3 is 11.9 Å². The smallest absolute Gasteiger partial charge is 0.305 e. The van der Waals surface area contributed by atoms with E-state index in [0.717, 1.165) is 12.8 Å². The molecule has 0 saturated carbocycles. The maximum atomic E-state index is 10.8. The molecule has 0 aliphatic carbocycles. The summed E-state index contributed by atoms with van der Waals surface area (Å²) in [6.45, 7) is 4.50. The lowest BCUT2D eigenvalue weighted by Gasteiger charge is -2.01. The van der Waals surface area contributed by atoms with Gasteiger partial charge in [-0.1, -0.05) is 129 Å². The normalized spacial score (nSPS) is 10.4. The molecule has 0 unspecified atom stereocenters. The third kappa shape index (κ3) is 31.1. The second kappa shape index (κ2) is 29.9. The van der Waals surface area contributed by atoms with Crippen LogP contribution >= 0.6 is 0 Å². The third-order valence-electron chi connectivity index (χ3n) is 5.92. The van der Waals surface area contributed by atoms with E-state index in [4.69, 9.17) is 0 Å². The third-order valence-corrected chi connectivity index (χ3v) is 5.92. The number of methoxy groups -OCH3 is 2. The van der Waals surface area contributed by atoms with Gasteiger partial charge in [0.2, 0.25) is 0 Å². The second-order valence-corrected chi connectivity index (χ2v) is 9.02. The quantitative estimate of drug-likeness (QED) is 0.120. The molecule has 0 aliphatic heterocycles. The maximum Gasteiger partial charge on any atom is 0.305 e. The van der Waals surface area contributed by atoms with Crippen LogP contribution < -0.4 is 0 Å². The van der Waals surface area contributed by atoms with E-state index >= 15 is 0 Å². The number of hydrogen-bond acceptors (Lipinski definition) is 4. The van der Waals surface area contributed by atoms with Crippen molar-refractivity contribution >= 4 is 11.9 Å². The Morgan fingerprint density at radius 3 is 0.844 bits per heavy atom. The highest BCUT2D eigenvalue weighted by atomic mass is 16.5. The summed E-state index contributed by atoms with van der Waals surface area (Å²) in [6, 6.07) is 0. The van der Waals surface area contributed by atoms with Gasteiger partial charge in [0.1, 0.15) is 0 Å². The average Bonchev–Trinajstić information content (AvgIpc) is 2.81. The van der Waals surface area contributed by atoms with Crippen LogP contribution in [0.2, 0.25) is 0 Å². The van der Waals surface area contributed by atoms with Gasteiger partial charge in [-0.2, -0.15) is 0 Å². The molecule has 0 radical (unpaired) electrons. The molecule has 0 aromatic rings. The van der Waals surface area contributed by atoms with Crippen LogP contribution in [0.25, 0.3) is 0 Å². The summed E-state index contributed by atoms with van der Waals surface area (Å²) in [6.07, 6.45) is 27.2. The number of esters is 2. The molecule has 0 fully saturated rings. The van der Waals surface area contributed by atoms with Crippen LogP contribution in [-0.4, -0.2) is 26.2 Å². The van der Waals surface area contributed by atoms with Crippen molar-refractivity contribution in [2.75, 3.05) is 14.2 Å². The number of rotatable bonds is 22. The Bertz CT molecular complexity index is 346. The predicted octanol–water partition coefficient (Wildman–Crippen LogP) is 8.94. The van der Waals surface area contributed by atoms with Crippen molar-refractivity contribution in [1.82, 2.24) is 0 Å². The summed E-state index contributed by atoms with van der Waals surface area (Å²) in [7, 11) is 2.91. The molecule has 0 heterocycles. The Kier molecular flexibility index (Phi) is 31.0. The lowest BCUT2D eigenvalue weighted by atomic mass is 10.1. The molecule has 0 bridgehead atoms. The fourth-order valence-electron chi connectivity index (χ4n) is 3.72. The number of ether oxygens (including phenoxy) is 2. The van der Waals surface area contributed by atoms with E-state index in [1.54, 1.807) is 0 Å². The van der Waals surface area contributed by atoms with E-state index in [1.807, 2.05) is 0 Å². The van der Waals surface area contributed by atoms with Crippen molar-refractivity contribution in [3.8, 4) is 0 Å². The maximum absolute atomic E-state index is 10.8. The highest BCUT2D eigenvalue weighted by Gasteiger charge is 2.00. The van der Waals surface area contributed by atoms with Gasteiger partial charge < -0.3 is 9.47 Å². The Hall–Kier alpha value is -1.06. The zero-order valence-corrected chi connectivity index (χ0v) is 22.2. The topological polar surface area (TPSA) is 52.6 Å². The minimum absolute atomic E-state index is 0.0698. The van der Waals surface area contributed by atoms with Gasteiger partial charge in [0.25, 0.3) is 0 Å². The fraction of sp³-hybridized carbons (Fsp3) is 0.929. The first kappa shape index (κ1) is 33.1. The van der Waals surface area contributed by atoms with Crippen LogP contribution in [0.1, 0.15) is 155 Å². The first-order valence-electron chi connectivity index (χ1n) is 13.8. The monoisotopic (exact) mass is 456 g/mol. The lowest BCUT2D eigenvalue weighted by Crippen LogP contribution is -1.99. The van der Waals surface area contributed by atoms with Gasteiger partial charge in [0.15, 0.2) is 0 Å². The molecular formula is C28H56O4. The van der Waals surface area contributed by atoms with Crippen molar-refractivity contribution in [3.63, 3.8) is 0 Å². The van der Waals surface area contributed by atoms with Crippen LogP contribution in [0.5, 0.6) is 0 Å². The average molecular weight is 457 g/mol. The number of hydrogen-bond donors (Lipinski definition) is 0. The van der Waals surface area contributed by atoms with Gasteiger partial charge in [-0.3, -0.25) is 9.59 Å². The van der Waals surface area contributed by atoms with Crippen molar-refractivity contribution in [1.29, 1.82) is 0 Å². The van der Waals surface area contributed by atoms with Gasteiger partial charge in [-0.15, -0.1) is 0 Å². The summed E-state index contributed by atoms with van der Waals surface area (Å²) in [5, 5.41) is 0. The summed E-state index contributed by atoms with van der Waals surface area (Å²) in [5.74, 6) is -0.140. The molecule has 32 heavy (non-hydrogen) atoms. The van der Waals surface area contributed by atoms with Gasteiger partial charge in [0, 0.05) is 12.8 Å². The Balaban J connectivity index is 0. The van der Waals surface area contributed by atoms with Crippen LogP contribution in [0, 0.1) is 0 Å². The zero-order chi connectivity index (χ0) is 24.1. The molecule has 0 aliphatic rings. The minimum atomic E-state index is -0.0698. The number of carbonyl (C=O) groups excluding carboxylic acids is 2. The molecule has 4 heteroatoms. The molecule has 0 saturated heterocycles. The molecule has 0 aromatic carbocycles. The van der Waals surface area contributed by atoms with Gasteiger partial charge in [-0.05, 0) is 12.8 Å². The molecule has 0 aromatic heterocycles. The van der Waals surface area contributed by atoms with Gasteiger partial charge in [-0.25, -0.2) is 0 Å². The van der Waals surface area contributed by atoms with Crippen molar-refractivity contribution in [2.45, 2.75) is 155 Å². The second-order valence-electron chi connectivity index (χ2n) is 9.02. The van der Waals surface area contributed by atoms with E-state index in [-0.39, 0.29) is 11.9 Å². The highest BCUT2D eigenvalue weighted by molar-refractivity contribution is 5.69. The van der Waals surface area contributed by atoms with Crippen molar-refractivity contribution in [2.24, 2.45) is 0 Å². The summed E-state index contributed by atoms with van der Waals surface area (Å²) in [4.78, 5) is 21.7. The van der Waals surface area contributed by atoms with Crippen LogP contribution in [0.15, 0.2) is 0 Å². The number of carbonyl (C=O) groups is 2. The first-order chi connectivity index (χ1) is 15.6. The van der Waals surface area contributed by atoms with E-state index in [0.29, 0.717) is 12.8 Å². The first-order valence-corrected chi connectivity index (χ1v) is 13.8. The Labute approximate surface area is 200 Å². The van der Waals surface area contributed by atoms with Crippen molar-refractivity contribution in [3.05, 3.63) is 0 Å². The molecule has 0 N–H and O–H groups in total. The van der Waals surface area contributed by atoms with E-state index in [9.17, 15) is 9.59 Å². The summed E-state index contributed by atoms with van der Waals surface area (Å²) >= 11 is 0. The molecule has 0 rings (SSSR count). The van der Waals surface area contributed by atoms with Crippen LogP contribution in [0.4, 0.5) is 0 Å². The number of unbranched alkanes of at least 4 members (excludes halogenated alkanes) is 18. The minimum Gasteiger partial charge on any atom is -0.469 e. The molecular weight excluding hydrogens is 400 g/mol. The largest absolute Gasteiger partial charge is 0.469 e. The molecule has 4 nitrogen and oxygen atoms in total. The van der Waals surface area contributed by atoms with E-state index < -0.39 is 0 Å². The van der Waals surface area contributed by atoms with E-state index in [1.165, 1.54) is 130 Å². The molecule has 192 valence electrons. The lowest BCUT2D eigenvalue weighted by molar-refractivity contribution is -0.141.